The molecule has 0 aliphatic heterocycles. The molecule has 3 aromatic rings. The standard InChI is InChI=1S/C22H23NO5/c1-24-18-10-7-14(12-20(18)26-3)17-9-6-15(13-23-17)16-8-11-19(25-2)22(28-5)21(16)27-4/h6-13H,1-5H3. The quantitative estimate of drug-likeness (QED) is 0.602. The molecule has 0 amide bonds. The summed E-state index contributed by atoms with van der Waals surface area (Å²) in [5.41, 5.74) is 3.53. The van der Waals surface area contributed by atoms with Crippen LogP contribution in [0.2, 0.25) is 0 Å². The van der Waals surface area contributed by atoms with Crippen LogP contribution in [-0.4, -0.2) is 40.5 Å². The van der Waals surface area contributed by atoms with Gasteiger partial charge in [-0.2, -0.15) is 0 Å². The van der Waals surface area contributed by atoms with Crippen molar-refractivity contribution in [1.82, 2.24) is 4.98 Å². The summed E-state index contributed by atoms with van der Waals surface area (Å²) >= 11 is 0. The molecule has 6 nitrogen and oxygen atoms in total. The SMILES string of the molecule is COc1ccc(-c2ccc(-c3ccc(OC)c(OC)c3OC)cn2)cc1OC. The second kappa shape index (κ2) is 8.52. The molecule has 0 aliphatic carbocycles. The molecular weight excluding hydrogens is 358 g/mol. The second-order valence-electron chi connectivity index (χ2n) is 5.88. The molecule has 0 radical (unpaired) electrons. The Morgan fingerprint density at radius 1 is 0.571 bits per heavy atom. The molecule has 0 saturated carbocycles. The fourth-order valence-corrected chi connectivity index (χ4v) is 3.05. The number of benzene rings is 2. The molecule has 2 aromatic carbocycles. The van der Waals surface area contributed by atoms with E-state index in [9.17, 15) is 0 Å². The first kappa shape index (κ1) is 19.4. The minimum Gasteiger partial charge on any atom is -0.493 e. The van der Waals surface area contributed by atoms with E-state index in [2.05, 4.69) is 4.98 Å². The molecule has 0 unspecified atom stereocenters. The van der Waals surface area contributed by atoms with Crippen LogP contribution in [0.3, 0.4) is 0 Å². The van der Waals surface area contributed by atoms with Gasteiger partial charge in [0, 0.05) is 22.9 Å². The van der Waals surface area contributed by atoms with Crippen LogP contribution in [0.15, 0.2) is 48.7 Å². The van der Waals surface area contributed by atoms with Gasteiger partial charge in [0.2, 0.25) is 5.75 Å². The maximum Gasteiger partial charge on any atom is 0.203 e. The van der Waals surface area contributed by atoms with Gasteiger partial charge in [-0.05, 0) is 36.4 Å². The Labute approximate surface area is 164 Å². The number of ether oxygens (including phenoxy) is 5. The minimum atomic E-state index is 0.548. The monoisotopic (exact) mass is 381 g/mol. The summed E-state index contributed by atoms with van der Waals surface area (Å²) < 4.78 is 27.0. The molecule has 0 N–H and O–H groups in total. The summed E-state index contributed by atoms with van der Waals surface area (Å²) in [6.07, 6.45) is 1.80. The van der Waals surface area contributed by atoms with E-state index < -0.39 is 0 Å². The highest BCUT2D eigenvalue weighted by Crippen LogP contribution is 2.44. The first-order valence-electron chi connectivity index (χ1n) is 8.64. The summed E-state index contributed by atoms with van der Waals surface area (Å²) in [5.74, 6) is 3.09. The fourth-order valence-electron chi connectivity index (χ4n) is 3.05. The van der Waals surface area contributed by atoms with Crippen LogP contribution in [0.1, 0.15) is 0 Å². The second-order valence-corrected chi connectivity index (χ2v) is 5.88. The normalized spacial score (nSPS) is 10.3. The van der Waals surface area contributed by atoms with Crippen LogP contribution in [0, 0.1) is 0 Å². The molecule has 0 saturated heterocycles. The maximum atomic E-state index is 5.57. The van der Waals surface area contributed by atoms with Crippen molar-refractivity contribution in [3.05, 3.63) is 48.7 Å². The third-order valence-corrected chi connectivity index (χ3v) is 4.46. The van der Waals surface area contributed by atoms with Crippen LogP contribution in [0.4, 0.5) is 0 Å². The maximum absolute atomic E-state index is 5.57. The van der Waals surface area contributed by atoms with Gasteiger partial charge in [0.1, 0.15) is 0 Å². The van der Waals surface area contributed by atoms with Gasteiger partial charge >= 0.3 is 0 Å². The third-order valence-electron chi connectivity index (χ3n) is 4.46. The molecule has 0 fully saturated rings. The minimum absolute atomic E-state index is 0.548. The van der Waals surface area contributed by atoms with Crippen molar-refractivity contribution in [1.29, 1.82) is 0 Å². The molecule has 28 heavy (non-hydrogen) atoms. The molecule has 3 rings (SSSR count). The number of aromatic nitrogens is 1. The number of hydrogen-bond donors (Lipinski definition) is 0. The van der Waals surface area contributed by atoms with Gasteiger partial charge in [-0.1, -0.05) is 6.07 Å². The van der Waals surface area contributed by atoms with Crippen molar-refractivity contribution < 1.29 is 23.7 Å². The summed E-state index contributed by atoms with van der Waals surface area (Å²) in [6.45, 7) is 0. The third kappa shape index (κ3) is 3.53. The smallest absolute Gasteiger partial charge is 0.203 e. The van der Waals surface area contributed by atoms with Gasteiger partial charge in [0.05, 0.1) is 41.2 Å². The van der Waals surface area contributed by atoms with Gasteiger partial charge in [-0.25, -0.2) is 0 Å². The van der Waals surface area contributed by atoms with Gasteiger partial charge in [0.15, 0.2) is 23.0 Å². The van der Waals surface area contributed by atoms with Crippen molar-refractivity contribution in [2.45, 2.75) is 0 Å². The molecule has 0 aliphatic rings. The lowest BCUT2D eigenvalue weighted by molar-refractivity contribution is 0.325. The van der Waals surface area contributed by atoms with E-state index in [4.69, 9.17) is 23.7 Å². The summed E-state index contributed by atoms with van der Waals surface area (Å²) in [4.78, 5) is 4.61. The molecule has 0 atom stereocenters. The van der Waals surface area contributed by atoms with E-state index in [1.54, 1.807) is 41.7 Å². The average Bonchev–Trinajstić information content (AvgIpc) is 2.77. The Morgan fingerprint density at radius 2 is 1.21 bits per heavy atom. The van der Waals surface area contributed by atoms with Crippen LogP contribution < -0.4 is 23.7 Å². The fraction of sp³-hybridized carbons (Fsp3) is 0.227. The summed E-state index contributed by atoms with van der Waals surface area (Å²) in [6, 6.07) is 13.4. The Balaban J connectivity index is 2.00. The first-order valence-corrected chi connectivity index (χ1v) is 8.64. The Bertz CT molecular complexity index is 954. The zero-order valence-corrected chi connectivity index (χ0v) is 16.6. The predicted octanol–water partition coefficient (Wildman–Crippen LogP) is 4.46. The molecule has 6 heteroatoms. The van der Waals surface area contributed by atoms with Crippen LogP contribution >= 0.6 is 0 Å². The zero-order valence-electron chi connectivity index (χ0n) is 16.6. The van der Waals surface area contributed by atoms with E-state index in [1.165, 1.54) is 0 Å². The lowest BCUT2D eigenvalue weighted by Gasteiger charge is -2.16. The van der Waals surface area contributed by atoms with E-state index in [-0.39, 0.29) is 0 Å². The van der Waals surface area contributed by atoms with E-state index in [0.717, 1.165) is 22.4 Å². The molecule has 0 bridgehead atoms. The highest BCUT2D eigenvalue weighted by Gasteiger charge is 2.17. The first-order chi connectivity index (χ1) is 13.7. The summed E-state index contributed by atoms with van der Waals surface area (Å²) in [7, 11) is 8.01. The van der Waals surface area contributed by atoms with Crippen molar-refractivity contribution in [2.24, 2.45) is 0 Å². The lowest BCUT2D eigenvalue weighted by atomic mass is 10.0. The number of rotatable bonds is 7. The largest absolute Gasteiger partial charge is 0.493 e. The molecule has 146 valence electrons. The molecular formula is C22H23NO5. The van der Waals surface area contributed by atoms with Crippen molar-refractivity contribution in [3.63, 3.8) is 0 Å². The highest BCUT2D eigenvalue weighted by atomic mass is 16.5. The van der Waals surface area contributed by atoms with Crippen LogP contribution in [0.5, 0.6) is 28.7 Å². The van der Waals surface area contributed by atoms with Crippen LogP contribution in [-0.2, 0) is 0 Å². The number of methoxy groups -OCH3 is 5. The van der Waals surface area contributed by atoms with Gasteiger partial charge in [0.25, 0.3) is 0 Å². The van der Waals surface area contributed by atoms with Crippen molar-refractivity contribution in [3.8, 4) is 51.1 Å². The van der Waals surface area contributed by atoms with E-state index >= 15 is 0 Å². The average molecular weight is 381 g/mol. The molecule has 1 aromatic heterocycles. The number of pyridine rings is 1. The highest BCUT2D eigenvalue weighted by molar-refractivity contribution is 5.77. The Morgan fingerprint density at radius 3 is 1.79 bits per heavy atom. The van der Waals surface area contributed by atoms with Crippen molar-refractivity contribution >= 4 is 0 Å². The molecule has 0 spiro atoms. The zero-order chi connectivity index (χ0) is 20.1. The van der Waals surface area contributed by atoms with Gasteiger partial charge in [-0.3, -0.25) is 4.98 Å². The van der Waals surface area contributed by atoms with E-state index in [0.29, 0.717) is 28.7 Å². The lowest BCUT2D eigenvalue weighted by Crippen LogP contribution is -1.97. The van der Waals surface area contributed by atoms with Crippen LogP contribution in [0.25, 0.3) is 22.4 Å². The van der Waals surface area contributed by atoms with Gasteiger partial charge in [-0.15, -0.1) is 0 Å². The Kier molecular flexibility index (Phi) is 5.89. The van der Waals surface area contributed by atoms with E-state index in [1.807, 2.05) is 42.5 Å². The molecule has 1 heterocycles. The Hall–Kier alpha value is -3.41. The van der Waals surface area contributed by atoms with Gasteiger partial charge < -0.3 is 23.7 Å². The van der Waals surface area contributed by atoms with Crippen molar-refractivity contribution in [2.75, 3.05) is 35.5 Å². The number of nitrogens with zero attached hydrogens (tertiary/aromatic N) is 1. The topological polar surface area (TPSA) is 59.0 Å². The predicted molar refractivity (Wildman–Crippen MR) is 108 cm³/mol. The summed E-state index contributed by atoms with van der Waals surface area (Å²) in [5, 5.41) is 0. The number of hydrogen-bond acceptors (Lipinski definition) is 6.